The van der Waals surface area contributed by atoms with Crippen LogP contribution in [0, 0.1) is 17.7 Å². The molecule has 2 atom stereocenters. The lowest BCUT2D eigenvalue weighted by Gasteiger charge is -2.19. The number of benzene rings is 2. The molecule has 0 saturated heterocycles. The first-order valence-corrected chi connectivity index (χ1v) is 7.72. The first-order valence-electron chi connectivity index (χ1n) is 7.72. The van der Waals surface area contributed by atoms with Crippen LogP contribution >= 0.6 is 0 Å². The molecule has 2 aromatic rings. The maximum Gasteiger partial charge on any atom is 0.268 e. The van der Waals surface area contributed by atoms with Gasteiger partial charge in [-0.15, -0.1) is 0 Å². The summed E-state index contributed by atoms with van der Waals surface area (Å²) in [6.45, 7) is 1.31. The molecule has 0 spiro atoms. The second kappa shape index (κ2) is 8.76. The Bertz CT molecular complexity index is 854. The Balaban J connectivity index is 2.11. The lowest BCUT2D eigenvalue weighted by atomic mass is 10.1. The summed E-state index contributed by atoms with van der Waals surface area (Å²) < 4.78 is 13.5. The summed E-state index contributed by atoms with van der Waals surface area (Å²) >= 11 is 0. The lowest BCUT2D eigenvalue weighted by molar-refractivity contribution is -0.133. The number of carbonyl (C=O) groups is 2. The molecule has 0 aliphatic rings. The normalized spacial score (nSPS) is 12.3. The SMILES string of the molecule is C[C@@H](O)[C@H](NC(=O)c1ccc(C#Cc2ccccc2F)cc1)C(=O)NO. The molecular formula is C19H17FN2O4. The Kier molecular flexibility index (Phi) is 6.44. The van der Waals surface area contributed by atoms with E-state index in [1.165, 1.54) is 30.6 Å². The van der Waals surface area contributed by atoms with E-state index in [-0.39, 0.29) is 11.1 Å². The summed E-state index contributed by atoms with van der Waals surface area (Å²) in [7, 11) is 0. The number of hydrogen-bond acceptors (Lipinski definition) is 4. The van der Waals surface area contributed by atoms with Crippen molar-refractivity contribution < 1.29 is 24.3 Å². The van der Waals surface area contributed by atoms with Gasteiger partial charge in [0, 0.05) is 11.1 Å². The lowest BCUT2D eigenvalue weighted by Crippen LogP contribution is -2.51. The predicted octanol–water partition coefficient (Wildman–Crippen LogP) is 1.21. The van der Waals surface area contributed by atoms with Crippen LogP contribution in [0.4, 0.5) is 4.39 Å². The number of nitrogens with one attached hydrogen (secondary N) is 2. The van der Waals surface area contributed by atoms with Gasteiger partial charge in [0.25, 0.3) is 11.8 Å². The zero-order valence-corrected chi connectivity index (χ0v) is 13.9. The van der Waals surface area contributed by atoms with Gasteiger partial charge >= 0.3 is 0 Å². The van der Waals surface area contributed by atoms with Gasteiger partial charge in [-0.2, -0.15) is 0 Å². The van der Waals surface area contributed by atoms with Crippen molar-refractivity contribution in [3.05, 3.63) is 71.0 Å². The Morgan fingerprint density at radius 3 is 2.31 bits per heavy atom. The zero-order valence-electron chi connectivity index (χ0n) is 13.9. The van der Waals surface area contributed by atoms with Crippen LogP contribution in [0.5, 0.6) is 0 Å². The Morgan fingerprint density at radius 1 is 1.08 bits per heavy atom. The molecule has 0 heterocycles. The van der Waals surface area contributed by atoms with E-state index in [9.17, 15) is 19.1 Å². The van der Waals surface area contributed by atoms with Crippen LogP contribution in [0.25, 0.3) is 0 Å². The molecule has 0 aliphatic heterocycles. The number of aliphatic hydroxyl groups excluding tert-OH is 1. The maximum absolute atomic E-state index is 13.5. The molecule has 6 nitrogen and oxygen atoms in total. The van der Waals surface area contributed by atoms with Crippen LogP contribution in [-0.4, -0.2) is 34.3 Å². The molecule has 2 amide bonds. The van der Waals surface area contributed by atoms with Crippen LogP contribution < -0.4 is 10.8 Å². The number of amides is 2. The van der Waals surface area contributed by atoms with Gasteiger partial charge in [-0.25, -0.2) is 9.87 Å². The molecule has 4 N–H and O–H groups in total. The van der Waals surface area contributed by atoms with Crippen LogP contribution in [0.2, 0.25) is 0 Å². The molecule has 0 unspecified atom stereocenters. The van der Waals surface area contributed by atoms with E-state index in [0.29, 0.717) is 5.56 Å². The van der Waals surface area contributed by atoms with Gasteiger partial charge in [-0.1, -0.05) is 24.0 Å². The number of carbonyl (C=O) groups excluding carboxylic acids is 2. The molecule has 2 rings (SSSR count). The van der Waals surface area contributed by atoms with Crippen molar-refractivity contribution >= 4 is 11.8 Å². The van der Waals surface area contributed by atoms with E-state index in [1.807, 2.05) is 0 Å². The Labute approximate surface area is 149 Å². The molecule has 0 saturated carbocycles. The van der Waals surface area contributed by atoms with Crippen molar-refractivity contribution in [3.63, 3.8) is 0 Å². The van der Waals surface area contributed by atoms with Crippen molar-refractivity contribution in [2.45, 2.75) is 19.1 Å². The number of hydrogen-bond donors (Lipinski definition) is 4. The smallest absolute Gasteiger partial charge is 0.268 e. The average Bonchev–Trinajstić information content (AvgIpc) is 2.64. The highest BCUT2D eigenvalue weighted by Crippen LogP contribution is 2.07. The molecule has 0 aromatic heterocycles. The fourth-order valence-corrected chi connectivity index (χ4v) is 2.11. The number of hydroxylamine groups is 1. The van der Waals surface area contributed by atoms with Crippen molar-refractivity contribution in [1.82, 2.24) is 10.8 Å². The highest BCUT2D eigenvalue weighted by atomic mass is 19.1. The van der Waals surface area contributed by atoms with Crippen molar-refractivity contribution in [3.8, 4) is 11.8 Å². The van der Waals surface area contributed by atoms with E-state index in [4.69, 9.17) is 5.21 Å². The predicted molar refractivity (Wildman–Crippen MR) is 91.7 cm³/mol. The minimum absolute atomic E-state index is 0.234. The first-order chi connectivity index (χ1) is 12.4. The van der Waals surface area contributed by atoms with E-state index < -0.39 is 29.8 Å². The minimum Gasteiger partial charge on any atom is -0.391 e. The molecule has 0 fully saturated rings. The molecule has 0 aliphatic carbocycles. The molecule has 0 bridgehead atoms. The van der Waals surface area contributed by atoms with Crippen LogP contribution in [0.3, 0.4) is 0 Å². The third-order valence-corrected chi connectivity index (χ3v) is 3.52. The molecule has 0 radical (unpaired) electrons. The van der Waals surface area contributed by atoms with Gasteiger partial charge in [-0.05, 0) is 43.3 Å². The van der Waals surface area contributed by atoms with Crippen molar-refractivity contribution in [2.75, 3.05) is 0 Å². The van der Waals surface area contributed by atoms with Gasteiger partial charge in [0.15, 0.2) is 0 Å². The molecule has 7 heteroatoms. The van der Waals surface area contributed by atoms with E-state index >= 15 is 0 Å². The summed E-state index contributed by atoms with van der Waals surface area (Å²) in [5, 5.41) is 20.5. The fourth-order valence-electron chi connectivity index (χ4n) is 2.11. The van der Waals surface area contributed by atoms with Crippen LogP contribution in [-0.2, 0) is 4.79 Å². The van der Waals surface area contributed by atoms with Crippen LogP contribution in [0.15, 0.2) is 48.5 Å². The van der Waals surface area contributed by atoms with Gasteiger partial charge in [0.2, 0.25) is 0 Å². The summed E-state index contributed by atoms with van der Waals surface area (Å²) in [5.74, 6) is 3.56. The van der Waals surface area contributed by atoms with E-state index in [0.717, 1.165) is 0 Å². The Hall–Kier alpha value is -3.21. The van der Waals surface area contributed by atoms with Crippen molar-refractivity contribution in [2.24, 2.45) is 0 Å². The summed E-state index contributed by atoms with van der Waals surface area (Å²) in [6, 6.07) is 11.0. The third-order valence-electron chi connectivity index (χ3n) is 3.52. The minimum atomic E-state index is -1.30. The highest BCUT2D eigenvalue weighted by molar-refractivity contribution is 5.97. The van der Waals surface area contributed by atoms with Gasteiger partial charge in [0.1, 0.15) is 11.9 Å². The molecule has 134 valence electrons. The maximum atomic E-state index is 13.5. The molecule has 2 aromatic carbocycles. The monoisotopic (exact) mass is 356 g/mol. The highest BCUT2D eigenvalue weighted by Gasteiger charge is 2.25. The average molecular weight is 356 g/mol. The summed E-state index contributed by atoms with van der Waals surface area (Å²) in [5.41, 5.74) is 2.46. The van der Waals surface area contributed by atoms with Crippen LogP contribution in [0.1, 0.15) is 28.4 Å². The van der Waals surface area contributed by atoms with E-state index in [2.05, 4.69) is 17.2 Å². The topological polar surface area (TPSA) is 98.7 Å². The molecule has 26 heavy (non-hydrogen) atoms. The standard InChI is InChI=1S/C19H17FN2O4/c1-12(23)17(19(25)22-26)21-18(24)15-10-7-13(8-11-15)6-9-14-4-2-3-5-16(14)20/h2-5,7-8,10-12,17,23,26H,1H3,(H,21,24)(H,22,25)/t12-,17+/m1/s1. The van der Waals surface area contributed by atoms with Crippen molar-refractivity contribution in [1.29, 1.82) is 0 Å². The summed E-state index contributed by atoms with van der Waals surface area (Å²) in [4.78, 5) is 23.6. The number of rotatable bonds is 4. The zero-order chi connectivity index (χ0) is 19.1. The Morgan fingerprint density at radius 2 is 1.73 bits per heavy atom. The number of halogens is 1. The van der Waals surface area contributed by atoms with Gasteiger partial charge < -0.3 is 10.4 Å². The van der Waals surface area contributed by atoms with Gasteiger partial charge in [-0.3, -0.25) is 14.8 Å². The second-order valence-corrected chi connectivity index (χ2v) is 5.47. The van der Waals surface area contributed by atoms with E-state index in [1.54, 1.807) is 30.3 Å². The summed E-state index contributed by atoms with van der Waals surface area (Å²) in [6.07, 6.45) is -1.20. The first kappa shape index (κ1) is 19.1. The number of aliphatic hydroxyl groups is 1. The quantitative estimate of drug-likeness (QED) is 0.376. The third kappa shape index (κ3) is 4.89. The molecular weight excluding hydrogens is 339 g/mol. The second-order valence-electron chi connectivity index (χ2n) is 5.47. The van der Waals surface area contributed by atoms with Gasteiger partial charge in [0.05, 0.1) is 11.7 Å². The fraction of sp³-hybridized carbons (Fsp3) is 0.158. The largest absolute Gasteiger partial charge is 0.391 e.